The number of nitrogen functional groups attached to an aromatic ring is 1. The predicted molar refractivity (Wildman–Crippen MR) is 126 cm³/mol. The van der Waals surface area contributed by atoms with E-state index in [4.69, 9.17) is 22.7 Å². The third-order valence-electron chi connectivity index (χ3n) is 4.42. The second kappa shape index (κ2) is 10.5. The quantitative estimate of drug-likeness (QED) is 0.401. The number of hydrogen-bond donors (Lipinski definition) is 2. The van der Waals surface area contributed by atoms with Crippen LogP contribution in [-0.4, -0.2) is 25.2 Å². The van der Waals surface area contributed by atoms with E-state index in [-0.39, 0.29) is 0 Å². The van der Waals surface area contributed by atoms with Crippen LogP contribution in [0.1, 0.15) is 37.7 Å². The van der Waals surface area contributed by atoms with E-state index in [1.165, 1.54) is 0 Å². The minimum absolute atomic E-state index is 0.526. The first-order chi connectivity index (χ1) is 14.4. The summed E-state index contributed by atoms with van der Waals surface area (Å²) in [5, 5.41) is 9.13. The van der Waals surface area contributed by atoms with E-state index in [1.54, 1.807) is 37.8 Å². The standard InChI is InChI=1S/C12H14N4.C9H7ClN2.C2H6/c1-8(13)11-4-5-12(14-6-11)16-7-15-9(2)10(16)3;10-6-1-2-7-8(11)3-4-12-9(7)5-6;1-2/h4-7,13H,1-3H3;1-5H,(H2,11,12);1-2H3. The molecule has 30 heavy (non-hydrogen) atoms. The van der Waals surface area contributed by atoms with Gasteiger partial charge in [-0.05, 0) is 57.2 Å². The van der Waals surface area contributed by atoms with Gasteiger partial charge in [-0.1, -0.05) is 25.4 Å². The van der Waals surface area contributed by atoms with E-state index >= 15 is 0 Å². The molecule has 3 heterocycles. The summed E-state index contributed by atoms with van der Waals surface area (Å²) >= 11 is 5.79. The van der Waals surface area contributed by atoms with Gasteiger partial charge in [-0.3, -0.25) is 9.55 Å². The highest BCUT2D eigenvalue weighted by molar-refractivity contribution is 6.31. The van der Waals surface area contributed by atoms with E-state index in [0.29, 0.717) is 10.7 Å². The number of anilines is 1. The van der Waals surface area contributed by atoms with Gasteiger partial charge in [0.15, 0.2) is 0 Å². The molecule has 0 saturated heterocycles. The zero-order valence-electron chi connectivity index (χ0n) is 17.9. The number of rotatable bonds is 2. The van der Waals surface area contributed by atoms with Crippen LogP contribution in [0.4, 0.5) is 5.69 Å². The maximum Gasteiger partial charge on any atom is 0.138 e. The fraction of sp³-hybridized carbons (Fsp3) is 0.217. The smallest absolute Gasteiger partial charge is 0.138 e. The molecule has 156 valence electrons. The largest absolute Gasteiger partial charge is 0.398 e. The van der Waals surface area contributed by atoms with E-state index in [2.05, 4.69) is 15.0 Å². The normalized spacial score (nSPS) is 9.93. The van der Waals surface area contributed by atoms with Crippen LogP contribution < -0.4 is 5.73 Å². The van der Waals surface area contributed by atoms with Gasteiger partial charge in [0.05, 0.1) is 11.2 Å². The zero-order chi connectivity index (χ0) is 22.3. The van der Waals surface area contributed by atoms with Crippen LogP contribution in [0.25, 0.3) is 16.7 Å². The highest BCUT2D eigenvalue weighted by atomic mass is 35.5. The predicted octanol–water partition coefficient (Wildman–Crippen LogP) is 5.77. The lowest BCUT2D eigenvalue weighted by Gasteiger charge is -2.05. The number of fused-ring (bicyclic) bond motifs is 1. The van der Waals surface area contributed by atoms with E-state index < -0.39 is 0 Å². The highest BCUT2D eigenvalue weighted by Crippen LogP contribution is 2.21. The van der Waals surface area contributed by atoms with Crippen molar-refractivity contribution in [3.8, 4) is 5.82 Å². The summed E-state index contributed by atoms with van der Waals surface area (Å²) in [7, 11) is 0. The SMILES string of the molecule is CC.CC(=N)c1ccc(-n2cnc(C)c2C)nc1.Nc1ccnc2cc(Cl)ccc12. The topological polar surface area (TPSA) is 93.5 Å². The summed E-state index contributed by atoms with van der Waals surface area (Å²) in [4.78, 5) is 12.7. The second-order valence-electron chi connectivity index (χ2n) is 6.38. The third-order valence-corrected chi connectivity index (χ3v) is 4.65. The van der Waals surface area contributed by atoms with Crippen molar-refractivity contribution < 1.29 is 0 Å². The summed E-state index contributed by atoms with van der Waals surface area (Å²) in [5.74, 6) is 0.836. The number of pyridine rings is 2. The van der Waals surface area contributed by atoms with Gasteiger partial charge in [0.2, 0.25) is 0 Å². The summed E-state index contributed by atoms with van der Waals surface area (Å²) in [5.41, 5.74) is 10.8. The summed E-state index contributed by atoms with van der Waals surface area (Å²) in [6.07, 6.45) is 5.16. The number of benzene rings is 1. The molecule has 0 aliphatic carbocycles. The van der Waals surface area contributed by atoms with E-state index in [9.17, 15) is 0 Å². The molecule has 0 atom stereocenters. The van der Waals surface area contributed by atoms with Gasteiger partial charge in [-0.2, -0.15) is 0 Å². The molecule has 4 rings (SSSR count). The Morgan fingerprint density at radius 2 is 1.77 bits per heavy atom. The molecule has 0 amide bonds. The molecule has 7 heteroatoms. The van der Waals surface area contributed by atoms with Crippen molar-refractivity contribution in [3.63, 3.8) is 0 Å². The molecule has 4 aromatic rings. The monoisotopic (exact) mass is 422 g/mol. The Morgan fingerprint density at radius 1 is 1.03 bits per heavy atom. The van der Waals surface area contributed by atoms with Gasteiger partial charge in [0.25, 0.3) is 0 Å². The molecular weight excluding hydrogens is 396 g/mol. The van der Waals surface area contributed by atoms with Crippen molar-refractivity contribution in [1.29, 1.82) is 5.41 Å². The van der Waals surface area contributed by atoms with Crippen molar-refractivity contribution in [3.05, 3.63) is 77.1 Å². The molecule has 0 fully saturated rings. The molecule has 3 N–H and O–H groups in total. The average molecular weight is 423 g/mol. The average Bonchev–Trinajstić information content (AvgIpc) is 3.08. The lowest BCUT2D eigenvalue weighted by Crippen LogP contribution is -2.00. The molecular formula is C23H27ClN6. The van der Waals surface area contributed by atoms with Gasteiger partial charge in [0, 0.05) is 45.5 Å². The van der Waals surface area contributed by atoms with Crippen molar-refractivity contribution in [1.82, 2.24) is 19.5 Å². The number of aryl methyl sites for hydroxylation is 1. The van der Waals surface area contributed by atoms with Crippen LogP contribution in [-0.2, 0) is 0 Å². The molecule has 1 aromatic carbocycles. The Morgan fingerprint density at radius 3 is 2.33 bits per heavy atom. The molecule has 0 radical (unpaired) electrons. The maximum atomic E-state index is 7.50. The van der Waals surface area contributed by atoms with Crippen LogP contribution in [0.5, 0.6) is 0 Å². The number of nitrogens with one attached hydrogen (secondary N) is 1. The van der Waals surface area contributed by atoms with Crippen LogP contribution >= 0.6 is 11.6 Å². The van der Waals surface area contributed by atoms with Gasteiger partial charge >= 0.3 is 0 Å². The van der Waals surface area contributed by atoms with Gasteiger partial charge in [-0.25, -0.2) is 9.97 Å². The lowest BCUT2D eigenvalue weighted by atomic mass is 10.2. The van der Waals surface area contributed by atoms with E-state index in [0.717, 1.165) is 39.4 Å². The summed E-state index contributed by atoms with van der Waals surface area (Å²) in [6.45, 7) is 9.74. The number of nitrogens with zero attached hydrogens (tertiary/aromatic N) is 4. The molecule has 0 aliphatic heterocycles. The first-order valence-corrected chi connectivity index (χ1v) is 10.1. The van der Waals surface area contributed by atoms with Crippen LogP contribution in [0.2, 0.25) is 5.02 Å². The minimum Gasteiger partial charge on any atom is -0.398 e. The lowest BCUT2D eigenvalue weighted by molar-refractivity contribution is 0.949. The van der Waals surface area contributed by atoms with Gasteiger partial charge in [-0.15, -0.1) is 0 Å². The molecule has 0 unspecified atom stereocenters. The molecule has 0 aliphatic rings. The van der Waals surface area contributed by atoms with E-state index in [1.807, 2.05) is 56.5 Å². The first kappa shape index (κ1) is 23.0. The Labute approximate surface area is 182 Å². The number of imidazole rings is 1. The number of nitrogens with two attached hydrogens (primary N) is 1. The zero-order valence-corrected chi connectivity index (χ0v) is 18.7. The Bertz CT molecular complexity index is 1130. The Balaban J connectivity index is 0.000000204. The summed E-state index contributed by atoms with van der Waals surface area (Å²) < 4.78 is 1.94. The number of hydrogen-bond acceptors (Lipinski definition) is 5. The molecule has 0 spiro atoms. The molecule has 0 saturated carbocycles. The molecule has 3 aromatic heterocycles. The summed E-state index contributed by atoms with van der Waals surface area (Å²) in [6, 6.07) is 11.1. The highest BCUT2D eigenvalue weighted by Gasteiger charge is 2.05. The van der Waals surface area contributed by atoms with Crippen molar-refractivity contribution in [2.24, 2.45) is 0 Å². The maximum absolute atomic E-state index is 7.50. The fourth-order valence-corrected chi connectivity index (χ4v) is 2.79. The van der Waals surface area contributed by atoms with Crippen LogP contribution in [0, 0.1) is 19.3 Å². The van der Waals surface area contributed by atoms with Crippen LogP contribution in [0.3, 0.4) is 0 Å². The fourth-order valence-electron chi connectivity index (χ4n) is 2.62. The van der Waals surface area contributed by atoms with Crippen molar-refractivity contribution >= 4 is 33.9 Å². The van der Waals surface area contributed by atoms with Gasteiger partial charge < -0.3 is 11.1 Å². The second-order valence-corrected chi connectivity index (χ2v) is 6.81. The Hall–Kier alpha value is -3.25. The number of aromatic nitrogens is 4. The first-order valence-electron chi connectivity index (χ1n) is 9.69. The number of halogens is 1. The molecule has 6 nitrogen and oxygen atoms in total. The Kier molecular flexibility index (Phi) is 8.07. The molecule has 0 bridgehead atoms. The third kappa shape index (κ3) is 5.42. The van der Waals surface area contributed by atoms with Crippen LogP contribution in [0.15, 0.2) is 55.1 Å². The minimum atomic E-state index is 0.526. The van der Waals surface area contributed by atoms with Crippen molar-refractivity contribution in [2.75, 3.05) is 5.73 Å². The van der Waals surface area contributed by atoms with Gasteiger partial charge in [0.1, 0.15) is 12.1 Å². The van der Waals surface area contributed by atoms with Crippen molar-refractivity contribution in [2.45, 2.75) is 34.6 Å².